The largest absolute Gasteiger partial charge is 0.236 e. The van der Waals surface area contributed by atoms with E-state index in [4.69, 9.17) is 0 Å². The number of aromatic nitrogens is 2. The van der Waals surface area contributed by atoms with Gasteiger partial charge in [-0.25, -0.2) is 9.97 Å². The number of benzene rings is 1. The van der Waals surface area contributed by atoms with Crippen molar-refractivity contribution < 1.29 is 0 Å². The molecular formula is C27H37N3. The van der Waals surface area contributed by atoms with Crippen molar-refractivity contribution >= 4 is 0 Å². The third-order valence-corrected chi connectivity index (χ3v) is 6.74. The first-order chi connectivity index (χ1) is 14.7. The maximum absolute atomic E-state index is 9.56. The van der Waals surface area contributed by atoms with E-state index < -0.39 is 0 Å². The predicted octanol–water partition coefficient (Wildman–Crippen LogP) is 7.60. The van der Waals surface area contributed by atoms with Crippen LogP contribution in [0.1, 0.15) is 107 Å². The maximum atomic E-state index is 9.56. The molecule has 0 N–H and O–H groups in total. The van der Waals surface area contributed by atoms with E-state index in [0.29, 0.717) is 5.92 Å². The zero-order valence-corrected chi connectivity index (χ0v) is 18.9. The predicted molar refractivity (Wildman–Crippen MR) is 124 cm³/mol. The highest BCUT2D eigenvalue weighted by molar-refractivity contribution is 5.59. The minimum absolute atomic E-state index is 0.608. The first-order valence-corrected chi connectivity index (χ1v) is 12.1. The van der Waals surface area contributed by atoms with Gasteiger partial charge in [-0.1, -0.05) is 64.5 Å². The van der Waals surface area contributed by atoms with Gasteiger partial charge in [-0.05, 0) is 67.6 Å². The summed E-state index contributed by atoms with van der Waals surface area (Å²) in [5.74, 6) is 2.26. The molecule has 2 aromatic rings. The summed E-state index contributed by atoms with van der Waals surface area (Å²) in [6.07, 6.45) is 19.3. The summed E-state index contributed by atoms with van der Waals surface area (Å²) in [6.45, 7) is 4.48. The Balaban J connectivity index is 1.60. The smallest absolute Gasteiger partial charge is 0.159 e. The lowest BCUT2D eigenvalue weighted by atomic mass is 9.77. The molecule has 0 saturated heterocycles. The number of hydrogen-bond acceptors (Lipinski definition) is 3. The Hall–Kier alpha value is -2.21. The van der Waals surface area contributed by atoms with Gasteiger partial charge in [-0.15, -0.1) is 0 Å². The average molecular weight is 404 g/mol. The molecule has 3 rings (SSSR count). The Bertz CT molecular complexity index is 811. The molecule has 0 atom stereocenters. The van der Waals surface area contributed by atoms with E-state index in [-0.39, 0.29) is 0 Å². The van der Waals surface area contributed by atoms with E-state index in [0.717, 1.165) is 41.3 Å². The van der Waals surface area contributed by atoms with Gasteiger partial charge in [0.05, 0.1) is 11.6 Å². The van der Waals surface area contributed by atoms with Crippen LogP contribution in [0.3, 0.4) is 0 Å². The highest BCUT2D eigenvalue weighted by Crippen LogP contribution is 2.37. The zero-order valence-electron chi connectivity index (χ0n) is 18.9. The van der Waals surface area contributed by atoms with E-state index in [1.54, 1.807) is 0 Å². The molecule has 1 fully saturated rings. The molecule has 0 amide bonds. The molecule has 0 bridgehead atoms. The summed E-state index contributed by atoms with van der Waals surface area (Å²) < 4.78 is 0. The Morgan fingerprint density at radius 3 is 2.30 bits per heavy atom. The number of nitrogens with zero attached hydrogens (tertiary/aromatic N) is 3. The molecule has 1 heterocycles. The molecule has 1 aliphatic carbocycles. The van der Waals surface area contributed by atoms with Gasteiger partial charge in [-0.3, -0.25) is 0 Å². The second kappa shape index (κ2) is 11.8. The van der Waals surface area contributed by atoms with Crippen molar-refractivity contribution in [1.82, 2.24) is 9.97 Å². The van der Waals surface area contributed by atoms with Gasteiger partial charge in [0.15, 0.2) is 5.82 Å². The third-order valence-electron chi connectivity index (χ3n) is 6.74. The van der Waals surface area contributed by atoms with Crippen LogP contribution < -0.4 is 0 Å². The van der Waals surface area contributed by atoms with Crippen LogP contribution in [0.25, 0.3) is 11.4 Å². The van der Waals surface area contributed by atoms with Gasteiger partial charge in [0, 0.05) is 18.0 Å². The molecule has 0 unspecified atom stereocenters. The first kappa shape index (κ1) is 22.5. The second-order valence-corrected chi connectivity index (χ2v) is 8.99. The molecule has 30 heavy (non-hydrogen) atoms. The fourth-order valence-electron chi connectivity index (χ4n) is 4.77. The van der Waals surface area contributed by atoms with Crippen LogP contribution in [0.15, 0.2) is 30.6 Å². The number of hydrogen-bond donors (Lipinski definition) is 0. The molecule has 0 radical (unpaired) electrons. The van der Waals surface area contributed by atoms with E-state index in [1.807, 2.05) is 18.5 Å². The summed E-state index contributed by atoms with van der Waals surface area (Å²) in [5.41, 5.74) is 4.12. The van der Waals surface area contributed by atoms with E-state index in [2.05, 4.69) is 42.0 Å². The van der Waals surface area contributed by atoms with Gasteiger partial charge >= 0.3 is 0 Å². The quantitative estimate of drug-likeness (QED) is 0.384. The minimum atomic E-state index is 0.608. The highest BCUT2D eigenvalue weighted by Gasteiger charge is 2.22. The van der Waals surface area contributed by atoms with Crippen LogP contribution in [0.2, 0.25) is 0 Å². The number of rotatable bonds is 10. The summed E-state index contributed by atoms with van der Waals surface area (Å²) in [6, 6.07) is 8.47. The van der Waals surface area contributed by atoms with Crippen LogP contribution in [-0.2, 0) is 6.42 Å². The molecule has 1 aliphatic rings. The normalized spacial score (nSPS) is 18.8. The van der Waals surface area contributed by atoms with Gasteiger partial charge in [-0.2, -0.15) is 5.26 Å². The molecule has 1 aromatic carbocycles. The molecule has 3 nitrogen and oxygen atoms in total. The van der Waals surface area contributed by atoms with Crippen LogP contribution in [0.4, 0.5) is 0 Å². The lowest BCUT2D eigenvalue weighted by molar-refractivity contribution is 0.302. The molecule has 0 spiro atoms. The van der Waals surface area contributed by atoms with Gasteiger partial charge in [0.1, 0.15) is 0 Å². The van der Waals surface area contributed by atoms with Crippen molar-refractivity contribution in [3.8, 4) is 17.5 Å². The van der Waals surface area contributed by atoms with Crippen LogP contribution in [0, 0.1) is 17.2 Å². The SMILES string of the molecule is CCCCCc1ccc(-c2ncc(C3CCC(CCCCC)CC3)cn2)cc1C#N. The van der Waals surface area contributed by atoms with Crippen LogP contribution in [-0.4, -0.2) is 9.97 Å². The zero-order chi connectivity index (χ0) is 21.2. The lowest BCUT2D eigenvalue weighted by Crippen LogP contribution is -2.14. The Morgan fingerprint density at radius 2 is 1.63 bits per heavy atom. The molecule has 160 valence electrons. The summed E-state index contributed by atoms with van der Waals surface area (Å²) in [4.78, 5) is 9.33. The van der Waals surface area contributed by atoms with Gasteiger partial charge in [0.2, 0.25) is 0 Å². The fraction of sp³-hybridized carbons (Fsp3) is 0.593. The van der Waals surface area contributed by atoms with Crippen molar-refractivity contribution in [1.29, 1.82) is 5.26 Å². The van der Waals surface area contributed by atoms with Crippen molar-refractivity contribution in [2.24, 2.45) is 5.92 Å². The van der Waals surface area contributed by atoms with Gasteiger partial charge < -0.3 is 0 Å². The summed E-state index contributed by atoms with van der Waals surface area (Å²) in [7, 11) is 0. The van der Waals surface area contributed by atoms with E-state index in [9.17, 15) is 5.26 Å². The van der Waals surface area contributed by atoms with Crippen molar-refractivity contribution in [2.45, 2.75) is 96.8 Å². The molecule has 1 saturated carbocycles. The average Bonchev–Trinajstić information content (AvgIpc) is 2.80. The lowest BCUT2D eigenvalue weighted by Gasteiger charge is -2.28. The number of unbranched alkanes of at least 4 members (excludes halogenated alkanes) is 4. The van der Waals surface area contributed by atoms with Crippen molar-refractivity contribution in [3.63, 3.8) is 0 Å². The Labute approximate surface area is 183 Å². The number of aryl methyl sites for hydroxylation is 1. The standard InChI is InChI=1S/C27H37N3/c1-3-5-7-9-21-11-13-23(14-12-21)26-19-29-27(30-20-26)24-16-15-22(10-8-6-4-2)25(17-24)18-28/h15-17,19-21,23H,3-14H2,1-2H3. The van der Waals surface area contributed by atoms with Crippen molar-refractivity contribution in [2.75, 3.05) is 0 Å². The topological polar surface area (TPSA) is 49.6 Å². The highest BCUT2D eigenvalue weighted by atomic mass is 14.9. The Morgan fingerprint density at radius 1 is 0.933 bits per heavy atom. The third kappa shape index (κ3) is 6.14. The van der Waals surface area contributed by atoms with Gasteiger partial charge in [0.25, 0.3) is 0 Å². The number of nitriles is 1. The van der Waals surface area contributed by atoms with E-state index >= 15 is 0 Å². The summed E-state index contributed by atoms with van der Waals surface area (Å²) in [5, 5.41) is 9.56. The Kier molecular flexibility index (Phi) is 8.87. The summed E-state index contributed by atoms with van der Waals surface area (Å²) >= 11 is 0. The maximum Gasteiger partial charge on any atom is 0.159 e. The van der Waals surface area contributed by atoms with E-state index in [1.165, 1.54) is 69.8 Å². The van der Waals surface area contributed by atoms with Crippen LogP contribution in [0.5, 0.6) is 0 Å². The molecule has 3 heteroatoms. The molecular weight excluding hydrogens is 366 g/mol. The molecule has 0 aliphatic heterocycles. The van der Waals surface area contributed by atoms with Crippen molar-refractivity contribution in [3.05, 3.63) is 47.3 Å². The first-order valence-electron chi connectivity index (χ1n) is 12.1. The second-order valence-electron chi connectivity index (χ2n) is 8.99. The van der Waals surface area contributed by atoms with Crippen LogP contribution >= 0.6 is 0 Å². The minimum Gasteiger partial charge on any atom is -0.236 e. The molecule has 1 aromatic heterocycles. The fourth-order valence-corrected chi connectivity index (χ4v) is 4.77. The monoisotopic (exact) mass is 403 g/mol.